The van der Waals surface area contributed by atoms with Crippen LogP contribution < -0.4 is 10.6 Å². The van der Waals surface area contributed by atoms with Gasteiger partial charge in [0.1, 0.15) is 5.54 Å². The molecule has 1 aromatic carbocycles. The van der Waals surface area contributed by atoms with Gasteiger partial charge >= 0.3 is 6.03 Å². The first-order valence-electron chi connectivity index (χ1n) is 10.4. The second-order valence-electron chi connectivity index (χ2n) is 8.15. The molecule has 1 saturated carbocycles. The molecular formula is C21H28Cl2N4O3. The number of hydrogen-bond donors (Lipinski definition) is 2. The topological polar surface area (TPSA) is 81.8 Å². The molecule has 2 fully saturated rings. The smallest absolute Gasteiger partial charge is 0.324 e. The lowest BCUT2D eigenvalue weighted by Gasteiger charge is -2.37. The first-order valence-corrected chi connectivity index (χ1v) is 11.1. The minimum Gasteiger partial charge on any atom is -0.324 e. The summed E-state index contributed by atoms with van der Waals surface area (Å²) in [4.78, 5) is 41.4. The molecule has 3 rings (SSSR count). The van der Waals surface area contributed by atoms with Gasteiger partial charge in [0.05, 0.1) is 23.9 Å². The Labute approximate surface area is 187 Å². The number of halogens is 2. The maximum absolute atomic E-state index is 13.2. The minimum absolute atomic E-state index is 0.0241. The molecule has 0 aromatic heterocycles. The van der Waals surface area contributed by atoms with Crippen LogP contribution >= 0.6 is 23.2 Å². The van der Waals surface area contributed by atoms with Crippen molar-refractivity contribution in [2.24, 2.45) is 5.92 Å². The molecule has 0 unspecified atom stereocenters. The average molecular weight is 455 g/mol. The number of rotatable bonds is 7. The average Bonchev–Trinajstić information content (AvgIpc) is 2.92. The molecule has 1 aromatic rings. The van der Waals surface area contributed by atoms with Crippen molar-refractivity contribution in [3.63, 3.8) is 0 Å². The van der Waals surface area contributed by atoms with Gasteiger partial charge in [-0.15, -0.1) is 0 Å². The number of benzene rings is 1. The van der Waals surface area contributed by atoms with E-state index in [-0.39, 0.29) is 37.0 Å². The first kappa shape index (κ1) is 22.8. The number of imide groups is 1. The standard InChI is InChI=1S/C21H28Cl2N4O3/c1-3-10-26(12-18(28)24-17-11-15(22)7-8-16(17)23)13-27-19(29)21(25-20(27)30)9-5-4-6-14(21)2/h7-8,11,14H,3-6,9-10,12-13H2,1-2H3,(H,24,28)(H,25,30)/t14-,21+/m0/s1. The van der Waals surface area contributed by atoms with Crippen molar-refractivity contribution in [2.75, 3.05) is 25.1 Å². The predicted molar refractivity (Wildman–Crippen MR) is 118 cm³/mol. The monoisotopic (exact) mass is 454 g/mol. The molecule has 2 N–H and O–H groups in total. The van der Waals surface area contributed by atoms with Crippen molar-refractivity contribution in [3.8, 4) is 0 Å². The molecule has 1 saturated heterocycles. The summed E-state index contributed by atoms with van der Waals surface area (Å²) in [6.07, 6.45) is 4.35. The Morgan fingerprint density at radius 1 is 1.33 bits per heavy atom. The van der Waals surface area contributed by atoms with E-state index in [1.165, 1.54) is 4.90 Å². The van der Waals surface area contributed by atoms with E-state index in [1.54, 1.807) is 23.1 Å². The molecule has 0 radical (unpaired) electrons. The molecule has 2 atom stereocenters. The van der Waals surface area contributed by atoms with Crippen LogP contribution in [0, 0.1) is 5.92 Å². The lowest BCUT2D eigenvalue weighted by molar-refractivity contribution is -0.136. The molecular weight excluding hydrogens is 427 g/mol. The minimum atomic E-state index is -0.802. The second-order valence-corrected chi connectivity index (χ2v) is 8.99. The Balaban J connectivity index is 1.68. The highest BCUT2D eigenvalue weighted by atomic mass is 35.5. The molecule has 1 aliphatic carbocycles. The van der Waals surface area contributed by atoms with E-state index in [0.29, 0.717) is 28.7 Å². The highest BCUT2D eigenvalue weighted by Crippen LogP contribution is 2.38. The lowest BCUT2D eigenvalue weighted by atomic mass is 9.73. The third kappa shape index (κ3) is 4.74. The van der Waals surface area contributed by atoms with Crippen LogP contribution in [0.5, 0.6) is 0 Å². The van der Waals surface area contributed by atoms with Crippen LogP contribution in [-0.4, -0.2) is 52.9 Å². The van der Waals surface area contributed by atoms with Crippen LogP contribution in [0.4, 0.5) is 10.5 Å². The fourth-order valence-electron chi connectivity index (χ4n) is 4.33. The Hall–Kier alpha value is -1.83. The van der Waals surface area contributed by atoms with Crippen molar-refractivity contribution >= 4 is 46.7 Å². The van der Waals surface area contributed by atoms with Crippen LogP contribution in [-0.2, 0) is 9.59 Å². The number of carbonyl (C=O) groups is 3. The van der Waals surface area contributed by atoms with E-state index < -0.39 is 5.54 Å². The molecule has 7 nitrogen and oxygen atoms in total. The molecule has 9 heteroatoms. The normalized spacial score (nSPS) is 23.9. The quantitative estimate of drug-likeness (QED) is 0.607. The largest absolute Gasteiger partial charge is 0.326 e. The van der Waals surface area contributed by atoms with Gasteiger partial charge in [-0.2, -0.15) is 0 Å². The maximum Gasteiger partial charge on any atom is 0.326 e. The number of nitrogens with one attached hydrogen (secondary N) is 2. The molecule has 4 amide bonds. The zero-order valence-electron chi connectivity index (χ0n) is 17.3. The van der Waals surface area contributed by atoms with Crippen molar-refractivity contribution in [3.05, 3.63) is 28.2 Å². The SMILES string of the molecule is CCCN(CC(=O)Nc1cc(Cl)ccc1Cl)CN1C(=O)N[C@@]2(CCCC[C@@H]2C)C1=O. The van der Waals surface area contributed by atoms with Gasteiger partial charge in [-0.05, 0) is 43.4 Å². The molecule has 1 aliphatic heterocycles. The maximum atomic E-state index is 13.2. The molecule has 164 valence electrons. The highest BCUT2D eigenvalue weighted by Gasteiger charge is 2.55. The predicted octanol–water partition coefficient (Wildman–Crippen LogP) is 4.10. The number of nitrogens with zero attached hydrogens (tertiary/aromatic N) is 2. The fraction of sp³-hybridized carbons (Fsp3) is 0.571. The van der Waals surface area contributed by atoms with Gasteiger partial charge in [0, 0.05) is 11.6 Å². The zero-order chi connectivity index (χ0) is 21.9. The van der Waals surface area contributed by atoms with Gasteiger partial charge in [0.2, 0.25) is 5.91 Å². The second kappa shape index (κ2) is 9.54. The van der Waals surface area contributed by atoms with Gasteiger partial charge in [0.15, 0.2) is 0 Å². The van der Waals surface area contributed by atoms with E-state index in [4.69, 9.17) is 23.2 Å². The highest BCUT2D eigenvalue weighted by molar-refractivity contribution is 6.35. The summed E-state index contributed by atoms with van der Waals surface area (Å²) in [6.45, 7) is 4.67. The van der Waals surface area contributed by atoms with Crippen molar-refractivity contribution in [1.29, 1.82) is 0 Å². The van der Waals surface area contributed by atoms with Crippen molar-refractivity contribution < 1.29 is 14.4 Å². The van der Waals surface area contributed by atoms with Gasteiger partial charge in [-0.3, -0.25) is 14.5 Å². The summed E-state index contributed by atoms with van der Waals surface area (Å²) >= 11 is 12.1. The summed E-state index contributed by atoms with van der Waals surface area (Å²) in [5.74, 6) is -0.375. The first-order chi connectivity index (χ1) is 14.3. The van der Waals surface area contributed by atoms with Gasteiger partial charge in [-0.25, -0.2) is 9.69 Å². The van der Waals surface area contributed by atoms with Crippen LogP contribution in [0.3, 0.4) is 0 Å². The lowest BCUT2D eigenvalue weighted by Crippen LogP contribution is -2.54. The molecule has 1 spiro atoms. The number of urea groups is 1. The summed E-state index contributed by atoms with van der Waals surface area (Å²) < 4.78 is 0. The van der Waals surface area contributed by atoms with Crippen LogP contribution in [0.15, 0.2) is 18.2 Å². The van der Waals surface area contributed by atoms with E-state index in [2.05, 4.69) is 10.6 Å². The molecule has 30 heavy (non-hydrogen) atoms. The Morgan fingerprint density at radius 3 is 2.80 bits per heavy atom. The number of amides is 4. The number of carbonyl (C=O) groups excluding carboxylic acids is 3. The molecule has 2 aliphatic rings. The van der Waals surface area contributed by atoms with E-state index >= 15 is 0 Å². The van der Waals surface area contributed by atoms with Crippen molar-refractivity contribution in [1.82, 2.24) is 15.1 Å². The zero-order valence-corrected chi connectivity index (χ0v) is 18.9. The fourth-order valence-corrected chi connectivity index (χ4v) is 4.66. The van der Waals surface area contributed by atoms with Gasteiger partial charge < -0.3 is 10.6 Å². The third-order valence-corrected chi connectivity index (χ3v) is 6.52. The van der Waals surface area contributed by atoms with E-state index in [9.17, 15) is 14.4 Å². The Morgan fingerprint density at radius 2 is 2.10 bits per heavy atom. The molecule has 0 bridgehead atoms. The van der Waals surface area contributed by atoms with Crippen LogP contribution in [0.25, 0.3) is 0 Å². The summed E-state index contributed by atoms with van der Waals surface area (Å²) in [7, 11) is 0. The summed E-state index contributed by atoms with van der Waals surface area (Å²) in [5, 5.41) is 6.55. The van der Waals surface area contributed by atoms with Crippen LogP contribution in [0.2, 0.25) is 10.0 Å². The molecule has 1 heterocycles. The number of anilines is 1. The summed E-state index contributed by atoms with van der Waals surface area (Å²) in [5.41, 5.74) is -0.375. The van der Waals surface area contributed by atoms with Crippen molar-refractivity contribution in [2.45, 2.75) is 51.5 Å². The Kier molecular flexibility index (Phi) is 7.26. The van der Waals surface area contributed by atoms with Crippen LogP contribution in [0.1, 0.15) is 46.0 Å². The third-order valence-electron chi connectivity index (χ3n) is 5.95. The summed E-state index contributed by atoms with van der Waals surface area (Å²) in [6, 6.07) is 4.45. The van der Waals surface area contributed by atoms with E-state index in [0.717, 1.165) is 25.7 Å². The van der Waals surface area contributed by atoms with Gasteiger partial charge in [0.25, 0.3) is 5.91 Å². The van der Waals surface area contributed by atoms with Gasteiger partial charge in [-0.1, -0.05) is 49.9 Å². The Bertz CT molecular complexity index is 834. The van der Waals surface area contributed by atoms with E-state index in [1.807, 2.05) is 13.8 Å². The number of hydrogen-bond acceptors (Lipinski definition) is 4.